The van der Waals surface area contributed by atoms with Gasteiger partial charge in [-0.3, -0.25) is 29.0 Å². The Morgan fingerprint density at radius 3 is 2.35 bits per heavy atom. The minimum absolute atomic E-state index is 0.0325. The van der Waals surface area contributed by atoms with Crippen molar-refractivity contribution in [2.45, 2.75) is 22.6 Å². The molecule has 2 aromatic carbocycles. The first kappa shape index (κ1) is 30.8. The number of imide groups is 2. The van der Waals surface area contributed by atoms with E-state index in [-0.39, 0.29) is 36.2 Å². The maximum atomic E-state index is 14.2. The van der Waals surface area contributed by atoms with E-state index in [0.29, 0.717) is 30.0 Å². The third-order valence-corrected chi connectivity index (χ3v) is 11.7. The number of hydrogen-bond acceptors (Lipinski definition) is 8. The number of allylic oxidation sites excluding steroid dienone is 3. The molecule has 4 amide bonds. The first-order valence-electron chi connectivity index (χ1n) is 15.3. The zero-order valence-electron chi connectivity index (χ0n) is 25.3. The number of phenols is 1. The number of likely N-dealkylation sites (tertiary alicyclic amines) is 1. The molecule has 3 heterocycles. The summed E-state index contributed by atoms with van der Waals surface area (Å²) < 4.78 is 10.7. The summed E-state index contributed by atoms with van der Waals surface area (Å²) in [5.74, 6) is -4.57. The lowest BCUT2D eigenvalue weighted by Gasteiger charge is -2.49. The van der Waals surface area contributed by atoms with Crippen molar-refractivity contribution in [3.05, 3.63) is 65.8 Å². The van der Waals surface area contributed by atoms with Crippen LogP contribution >= 0.6 is 23.2 Å². The van der Waals surface area contributed by atoms with Gasteiger partial charge < -0.3 is 19.5 Å². The molecule has 10 nitrogen and oxygen atoms in total. The first-order chi connectivity index (χ1) is 22.0. The fraction of sp³-hybridized carbons (Fsp3) is 0.412. The van der Waals surface area contributed by atoms with Crippen LogP contribution in [-0.2, 0) is 23.9 Å². The zero-order chi connectivity index (χ0) is 32.5. The molecule has 46 heavy (non-hydrogen) atoms. The molecule has 0 bridgehead atoms. The summed E-state index contributed by atoms with van der Waals surface area (Å²) >= 11 is 14.4. The summed E-state index contributed by atoms with van der Waals surface area (Å²) in [5.41, 5.74) is 2.82. The van der Waals surface area contributed by atoms with E-state index in [0.717, 1.165) is 23.7 Å². The third kappa shape index (κ3) is 4.33. The van der Waals surface area contributed by atoms with Crippen LogP contribution in [0, 0.1) is 23.7 Å². The topological polar surface area (TPSA) is 117 Å². The van der Waals surface area contributed by atoms with Gasteiger partial charge in [0.05, 0.1) is 37.8 Å². The van der Waals surface area contributed by atoms with Gasteiger partial charge in [-0.25, -0.2) is 0 Å². The number of benzene rings is 2. The van der Waals surface area contributed by atoms with Gasteiger partial charge in [-0.1, -0.05) is 29.9 Å². The molecule has 3 aliphatic heterocycles. The second-order valence-corrected chi connectivity index (χ2v) is 13.7. The highest BCUT2D eigenvalue weighted by atomic mass is 35.5. The lowest BCUT2D eigenvalue weighted by molar-refractivity contribution is -0.138. The van der Waals surface area contributed by atoms with Gasteiger partial charge in [-0.2, -0.15) is 0 Å². The van der Waals surface area contributed by atoms with Gasteiger partial charge in [0, 0.05) is 31.7 Å². The molecular weight excluding hydrogens is 633 g/mol. The van der Waals surface area contributed by atoms with Crippen molar-refractivity contribution in [3.8, 4) is 11.5 Å². The van der Waals surface area contributed by atoms with Crippen molar-refractivity contribution < 1.29 is 33.8 Å². The number of alkyl halides is 2. The quantitative estimate of drug-likeness (QED) is 0.290. The van der Waals surface area contributed by atoms with E-state index in [4.69, 9.17) is 32.7 Å². The van der Waals surface area contributed by atoms with Crippen molar-refractivity contribution >= 4 is 64.3 Å². The number of halogens is 2. The molecule has 5 aliphatic rings. The molecule has 6 atom stereocenters. The zero-order valence-corrected chi connectivity index (χ0v) is 26.8. The van der Waals surface area contributed by atoms with Crippen LogP contribution in [0.3, 0.4) is 0 Å². The predicted molar refractivity (Wildman–Crippen MR) is 172 cm³/mol. The lowest BCUT2D eigenvalue weighted by atomic mass is 9.57. The van der Waals surface area contributed by atoms with E-state index in [9.17, 15) is 24.3 Å². The number of hydrogen-bond donors (Lipinski definition) is 1. The normalized spacial score (nSPS) is 32.5. The van der Waals surface area contributed by atoms with Crippen molar-refractivity contribution in [2.24, 2.45) is 23.7 Å². The van der Waals surface area contributed by atoms with Gasteiger partial charge in [0.15, 0.2) is 21.2 Å². The summed E-state index contributed by atoms with van der Waals surface area (Å²) in [6, 6.07) is 12.2. The van der Waals surface area contributed by atoms with Crippen LogP contribution in [0.15, 0.2) is 60.2 Å². The molecule has 0 unspecified atom stereocenters. The Morgan fingerprint density at radius 1 is 0.957 bits per heavy atom. The summed E-state index contributed by atoms with van der Waals surface area (Å²) in [4.78, 5) is 56.1. The number of methoxy groups -OCH3 is 1. The molecule has 0 spiro atoms. The maximum absolute atomic E-state index is 14.2. The largest absolute Gasteiger partial charge is 0.504 e. The number of carbonyl (C=O) groups excluding carboxylic acids is 4. The maximum Gasteiger partial charge on any atom is 0.253 e. The van der Waals surface area contributed by atoms with E-state index in [1.54, 1.807) is 36.4 Å². The highest BCUT2D eigenvalue weighted by molar-refractivity contribution is 6.53. The highest BCUT2D eigenvalue weighted by Crippen LogP contribution is 2.63. The van der Waals surface area contributed by atoms with Crippen molar-refractivity contribution in [1.29, 1.82) is 0 Å². The Balaban J connectivity index is 1.25. The van der Waals surface area contributed by atoms with Crippen LogP contribution in [0.1, 0.15) is 18.4 Å². The molecule has 2 aromatic rings. The predicted octanol–water partition coefficient (Wildman–Crippen LogP) is 3.98. The molecule has 1 N–H and O–H groups in total. The lowest BCUT2D eigenvalue weighted by Crippen LogP contribution is -2.60. The molecule has 3 saturated heterocycles. The van der Waals surface area contributed by atoms with Gasteiger partial charge in [0.2, 0.25) is 11.8 Å². The fourth-order valence-corrected chi connectivity index (χ4v) is 8.86. The molecule has 4 fully saturated rings. The van der Waals surface area contributed by atoms with Gasteiger partial charge in [-0.05, 0) is 60.7 Å². The average molecular weight is 667 g/mol. The van der Waals surface area contributed by atoms with E-state index in [2.05, 4.69) is 4.90 Å². The number of phenolic OH excluding ortho intramolecular Hbond substituents is 1. The van der Waals surface area contributed by atoms with E-state index < -0.39 is 45.2 Å². The van der Waals surface area contributed by atoms with Gasteiger partial charge >= 0.3 is 0 Å². The second kappa shape index (κ2) is 11.1. The Labute approximate surface area is 276 Å². The summed E-state index contributed by atoms with van der Waals surface area (Å²) in [6.07, 6.45) is 5.55. The Hall–Kier alpha value is -3.86. The molecule has 2 aliphatic carbocycles. The molecule has 1 saturated carbocycles. The SMILES string of the molecule is COc1cc(C=C[C@H]2C3=CC[C@@H]4C(=O)N(c5ccc(N6CCOCC6)cc5)C(=O)[C@@H]4[C@@H]3C[C@@]3(Cl)C(=O)N(C)C(=O)[C@@]23Cl)ccc1O. The van der Waals surface area contributed by atoms with Crippen LogP contribution < -0.4 is 14.5 Å². The third-order valence-electron chi connectivity index (χ3n) is 10.2. The van der Waals surface area contributed by atoms with Crippen LogP contribution in [0.25, 0.3) is 6.08 Å². The standard InChI is InChI=1S/C34H33Cl2N3O7/c1-37-31(43)33(35)18-24-22(25(34(33,36)32(37)44)11-3-19-4-12-26(40)27(17-19)45-2)9-10-23-28(24)30(42)39(29(23)41)21-7-5-20(6-8-21)38-13-15-46-16-14-38/h3-9,11-12,17,23-25,28,40H,10,13-16,18H2,1-2H3/t23-,24+,25-,28-,33+,34-/m0/s1. The number of carbonyl (C=O) groups is 4. The number of amides is 4. The summed E-state index contributed by atoms with van der Waals surface area (Å²) in [6.45, 7) is 2.80. The van der Waals surface area contributed by atoms with Crippen molar-refractivity contribution in [1.82, 2.24) is 4.90 Å². The number of fused-ring (bicyclic) bond motifs is 4. The Kier molecular flexibility index (Phi) is 7.45. The van der Waals surface area contributed by atoms with Crippen LogP contribution in [0.2, 0.25) is 0 Å². The van der Waals surface area contributed by atoms with E-state index in [1.807, 2.05) is 18.2 Å². The van der Waals surface area contributed by atoms with E-state index in [1.165, 1.54) is 25.1 Å². The fourth-order valence-electron chi connectivity index (χ4n) is 7.89. The smallest absolute Gasteiger partial charge is 0.253 e. The number of morpholine rings is 1. The number of anilines is 2. The van der Waals surface area contributed by atoms with Crippen molar-refractivity contribution in [2.75, 3.05) is 50.3 Å². The van der Waals surface area contributed by atoms with Crippen molar-refractivity contribution in [3.63, 3.8) is 0 Å². The van der Waals surface area contributed by atoms with E-state index >= 15 is 0 Å². The molecule has 0 aromatic heterocycles. The van der Waals surface area contributed by atoms with Crippen LogP contribution in [0.5, 0.6) is 11.5 Å². The molecule has 12 heteroatoms. The molecule has 240 valence electrons. The summed E-state index contributed by atoms with van der Waals surface area (Å²) in [7, 11) is 2.80. The number of aromatic hydroxyl groups is 1. The minimum atomic E-state index is -1.85. The van der Waals surface area contributed by atoms with Crippen LogP contribution in [0.4, 0.5) is 11.4 Å². The van der Waals surface area contributed by atoms with Gasteiger partial charge in [0.25, 0.3) is 11.8 Å². The molecular formula is C34H33Cl2N3O7. The summed E-state index contributed by atoms with van der Waals surface area (Å²) in [5, 5.41) is 10.1. The monoisotopic (exact) mass is 665 g/mol. The number of nitrogens with zero attached hydrogens (tertiary/aromatic N) is 3. The average Bonchev–Trinajstić information content (AvgIpc) is 3.40. The minimum Gasteiger partial charge on any atom is -0.504 e. The second-order valence-electron chi connectivity index (χ2n) is 12.5. The van der Waals surface area contributed by atoms with Gasteiger partial charge in [-0.15, -0.1) is 23.2 Å². The Bertz CT molecular complexity index is 1700. The molecule has 7 rings (SSSR count). The Morgan fingerprint density at radius 2 is 1.65 bits per heavy atom. The molecule has 0 radical (unpaired) electrons. The highest BCUT2D eigenvalue weighted by Gasteiger charge is 2.75. The van der Waals surface area contributed by atoms with Crippen LogP contribution in [-0.4, -0.2) is 83.8 Å². The number of ether oxygens (including phenoxy) is 2. The first-order valence-corrected chi connectivity index (χ1v) is 16.0. The van der Waals surface area contributed by atoms with Gasteiger partial charge in [0.1, 0.15) is 0 Å². The number of rotatable bonds is 5.